The first-order chi connectivity index (χ1) is 14.5. The Morgan fingerprint density at radius 2 is 1.93 bits per heavy atom. The van der Waals surface area contributed by atoms with Crippen molar-refractivity contribution in [3.8, 4) is 17.3 Å². The minimum atomic E-state index is -0.271. The Morgan fingerprint density at radius 1 is 1.13 bits per heavy atom. The highest BCUT2D eigenvalue weighted by molar-refractivity contribution is 6.05. The van der Waals surface area contributed by atoms with E-state index in [2.05, 4.69) is 21.4 Å². The Morgan fingerprint density at radius 3 is 2.63 bits per heavy atom. The highest BCUT2D eigenvalue weighted by atomic mass is 16.5. The summed E-state index contributed by atoms with van der Waals surface area (Å²) in [6.45, 7) is 6.54. The third kappa shape index (κ3) is 4.19. The second kappa shape index (κ2) is 8.39. The van der Waals surface area contributed by atoms with E-state index in [0.717, 1.165) is 41.4 Å². The maximum atomic E-state index is 13.0. The second-order valence-electron chi connectivity index (χ2n) is 7.29. The number of aromatic nitrogens is 1. The fourth-order valence-corrected chi connectivity index (χ4v) is 3.48. The van der Waals surface area contributed by atoms with E-state index in [9.17, 15) is 10.1 Å². The van der Waals surface area contributed by atoms with E-state index in [4.69, 9.17) is 9.26 Å². The predicted octanol–water partition coefficient (Wildman–Crippen LogP) is 3.92. The Bertz CT molecular complexity index is 1120. The van der Waals surface area contributed by atoms with Crippen LogP contribution in [0.15, 0.2) is 47.0 Å². The molecule has 3 aromatic rings. The van der Waals surface area contributed by atoms with Crippen molar-refractivity contribution < 1.29 is 14.1 Å². The van der Waals surface area contributed by atoms with Crippen LogP contribution in [0.25, 0.3) is 11.3 Å². The molecular weight excluding hydrogens is 380 g/mol. The number of nitrogens with zero attached hydrogens (tertiary/aromatic N) is 3. The van der Waals surface area contributed by atoms with Crippen molar-refractivity contribution in [2.24, 2.45) is 0 Å². The number of anilines is 2. The molecule has 1 N–H and O–H groups in total. The predicted molar refractivity (Wildman–Crippen MR) is 114 cm³/mol. The van der Waals surface area contributed by atoms with Gasteiger partial charge in [-0.15, -0.1) is 0 Å². The number of nitriles is 1. The summed E-state index contributed by atoms with van der Waals surface area (Å²) >= 11 is 0. The number of hydrogen-bond acceptors (Lipinski definition) is 6. The maximum absolute atomic E-state index is 13.0. The zero-order valence-corrected chi connectivity index (χ0v) is 16.9. The van der Waals surface area contributed by atoms with Gasteiger partial charge in [0, 0.05) is 41.7 Å². The van der Waals surface area contributed by atoms with E-state index < -0.39 is 0 Å². The van der Waals surface area contributed by atoms with Gasteiger partial charge in [-0.3, -0.25) is 4.79 Å². The zero-order valence-electron chi connectivity index (χ0n) is 16.9. The minimum absolute atomic E-state index is 0.271. The molecule has 7 nitrogen and oxygen atoms in total. The summed E-state index contributed by atoms with van der Waals surface area (Å²) in [7, 11) is 0. The van der Waals surface area contributed by atoms with E-state index in [1.165, 1.54) is 0 Å². The van der Waals surface area contributed by atoms with E-state index in [1.54, 1.807) is 12.1 Å². The number of nitrogens with one attached hydrogen (secondary N) is 1. The molecule has 1 aliphatic rings. The van der Waals surface area contributed by atoms with Gasteiger partial charge in [0.2, 0.25) is 0 Å². The highest BCUT2D eigenvalue weighted by Crippen LogP contribution is 2.27. The van der Waals surface area contributed by atoms with Crippen LogP contribution in [0, 0.1) is 25.2 Å². The lowest BCUT2D eigenvalue weighted by Gasteiger charge is -2.29. The molecule has 2 aromatic carbocycles. The van der Waals surface area contributed by atoms with Gasteiger partial charge in [0.25, 0.3) is 5.91 Å². The van der Waals surface area contributed by atoms with Crippen LogP contribution >= 0.6 is 0 Å². The Balaban J connectivity index is 1.60. The maximum Gasteiger partial charge on any atom is 0.255 e. The normalized spacial score (nSPS) is 13.7. The van der Waals surface area contributed by atoms with E-state index in [1.807, 2.05) is 44.2 Å². The van der Waals surface area contributed by atoms with Crippen LogP contribution in [0.2, 0.25) is 0 Å². The summed E-state index contributed by atoms with van der Waals surface area (Å²) < 4.78 is 10.6. The van der Waals surface area contributed by atoms with Crippen LogP contribution in [-0.2, 0) is 4.74 Å². The summed E-state index contributed by atoms with van der Waals surface area (Å²) in [5, 5.41) is 16.4. The van der Waals surface area contributed by atoms with Gasteiger partial charge in [-0.2, -0.15) is 5.26 Å². The zero-order chi connectivity index (χ0) is 21.1. The van der Waals surface area contributed by atoms with E-state index in [0.29, 0.717) is 30.0 Å². The molecule has 0 bridgehead atoms. The molecule has 2 heterocycles. The molecule has 0 radical (unpaired) electrons. The van der Waals surface area contributed by atoms with Gasteiger partial charge in [-0.25, -0.2) is 0 Å². The number of amides is 1. The molecule has 0 spiro atoms. The molecule has 0 unspecified atom stereocenters. The largest absolute Gasteiger partial charge is 0.378 e. The van der Waals surface area contributed by atoms with Gasteiger partial charge >= 0.3 is 0 Å². The van der Waals surface area contributed by atoms with Gasteiger partial charge in [0.05, 0.1) is 24.8 Å². The number of aryl methyl sites for hydroxylation is 2. The number of hydrogen-bond donors (Lipinski definition) is 1. The smallest absolute Gasteiger partial charge is 0.255 e. The SMILES string of the molecule is Cc1cc(-c2cc(NC(=O)c3cc(C#N)cc(N4CCOCC4)c3)ccc2C)no1. The molecule has 1 aliphatic heterocycles. The van der Waals surface area contributed by atoms with Crippen molar-refractivity contribution in [2.45, 2.75) is 13.8 Å². The average molecular weight is 402 g/mol. The standard InChI is InChI=1S/C23H22N4O3/c1-15-3-4-19(13-21(15)22-9-16(2)30-26-22)25-23(28)18-10-17(14-24)11-20(12-18)27-5-7-29-8-6-27/h3-4,9-13H,5-8H2,1-2H3,(H,25,28). The molecule has 1 fully saturated rings. The van der Waals surface area contributed by atoms with Crippen LogP contribution < -0.4 is 10.2 Å². The quantitative estimate of drug-likeness (QED) is 0.711. The van der Waals surface area contributed by atoms with Crippen LogP contribution in [-0.4, -0.2) is 37.4 Å². The molecule has 4 rings (SSSR count). The van der Waals surface area contributed by atoms with Gasteiger partial charge in [-0.1, -0.05) is 11.2 Å². The lowest BCUT2D eigenvalue weighted by atomic mass is 10.0. The van der Waals surface area contributed by atoms with Gasteiger partial charge in [0.15, 0.2) is 0 Å². The Kier molecular flexibility index (Phi) is 5.50. The third-order valence-electron chi connectivity index (χ3n) is 5.08. The fraction of sp³-hybridized carbons (Fsp3) is 0.261. The summed E-state index contributed by atoms with van der Waals surface area (Å²) in [6.07, 6.45) is 0. The molecule has 30 heavy (non-hydrogen) atoms. The summed E-state index contributed by atoms with van der Waals surface area (Å²) in [5.74, 6) is 0.454. The van der Waals surface area contributed by atoms with Crippen molar-refractivity contribution in [2.75, 3.05) is 36.5 Å². The van der Waals surface area contributed by atoms with Crippen molar-refractivity contribution in [1.82, 2.24) is 5.16 Å². The number of morpholine rings is 1. The van der Waals surface area contributed by atoms with E-state index >= 15 is 0 Å². The molecule has 0 atom stereocenters. The van der Waals surface area contributed by atoms with Crippen molar-refractivity contribution >= 4 is 17.3 Å². The number of carbonyl (C=O) groups excluding carboxylic acids is 1. The first kappa shape index (κ1) is 19.7. The Labute approximate surface area is 174 Å². The van der Waals surface area contributed by atoms with Gasteiger partial charge < -0.3 is 19.5 Å². The minimum Gasteiger partial charge on any atom is -0.378 e. The average Bonchev–Trinajstić information content (AvgIpc) is 3.21. The summed E-state index contributed by atoms with van der Waals surface area (Å²) in [6, 6.07) is 14.9. The van der Waals surface area contributed by atoms with Crippen LogP contribution in [0.5, 0.6) is 0 Å². The lowest BCUT2D eigenvalue weighted by Crippen LogP contribution is -2.36. The molecule has 0 saturated carbocycles. The second-order valence-corrected chi connectivity index (χ2v) is 7.29. The van der Waals surface area contributed by atoms with Crippen molar-refractivity contribution in [3.05, 3.63) is 64.9 Å². The lowest BCUT2D eigenvalue weighted by molar-refractivity contribution is 0.102. The molecule has 0 aliphatic carbocycles. The number of ether oxygens (including phenoxy) is 1. The van der Waals surface area contributed by atoms with Gasteiger partial charge in [0.1, 0.15) is 11.5 Å². The first-order valence-corrected chi connectivity index (χ1v) is 9.77. The number of benzene rings is 2. The van der Waals surface area contributed by atoms with Crippen molar-refractivity contribution in [3.63, 3.8) is 0 Å². The molecule has 7 heteroatoms. The highest BCUT2D eigenvalue weighted by Gasteiger charge is 2.16. The van der Waals surface area contributed by atoms with Crippen molar-refractivity contribution in [1.29, 1.82) is 5.26 Å². The topological polar surface area (TPSA) is 91.4 Å². The summed E-state index contributed by atoms with van der Waals surface area (Å²) in [5.41, 5.74) is 5.04. The van der Waals surface area contributed by atoms with Gasteiger partial charge in [-0.05, 0) is 49.7 Å². The number of carbonyl (C=O) groups is 1. The third-order valence-corrected chi connectivity index (χ3v) is 5.08. The Hall–Kier alpha value is -3.63. The first-order valence-electron chi connectivity index (χ1n) is 9.77. The summed E-state index contributed by atoms with van der Waals surface area (Å²) in [4.78, 5) is 15.1. The van der Waals surface area contributed by atoms with Crippen LogP contribution in [0.3, 0.4) is 0 Å². The molecule has 1 aromatic heterocycles. The fourth-order valence-electron chi connectivity index (χ4n) is 3.48. The van der Waals surface area contributed by atoms with Crippen LogP contribution in [0.4, 0.5) is 11.4 Å². The number of rotatable bonds is 4. The molecule has 1 amide bonds. The van der Waals surface area contributed by atoms with Crippen LogP contribution in [0.1, 0.15) is 27.2 Å². The van der Waals surface area contributed by atoms with E-state index in [-0.39, 0.29) is 5.91 Å². The monoisotopic (exact) mass is 402 g/mol. The molecular formula is C23H22N4O3. The molecule has 1 saturated heterocycles. The molecule has 152 valence electrons.